The maximum atomic E-state index is 12.5. The number of aromatic nitrogens is 1. The molecule has 0 aliphatic carbocycles. The van der Waals surface area contributed by atoms with Crippen LogP contribution in [0.25, 0.3) is 0 Å². The second-order valence-corrected chi connectivity index (χ2v) is 5.76. The van der Waals surface area contributed by atoms with Crippen LogP contribution in [-0.2, 0) is 6.42 Å². The number of hydrogen-bond acceptors (Lipinski definition) is 4. The quantitative estimate of drug-likeness (QED) is 0.681. The fourth-order valence-corrected chi connectivity index (χ4v) is 2.56. The minimum Gasteiger partial charge on any atom is -0.495 e. The van der Waals surface area contributed by atoms with Crippen molar-refractivity contribution in [3.05, 3.63) is 78.1 Å². The smallest absolute Gasteiger partial charge is 0.274 e. The van der Waals surface area contributed by atoms with E-state index in [4.69, 9.17) is 4.74 Å². The van der Waals surface area contributed by atoms with Crippen molar-refractivity contribution in [1.82, 2.24) is 4.98 Å². The van der Waals surface area contributed by atoms with Gasteiger partial charge in [-0.1, -0.05) is 31.2 Å². The number of rotatable bonds is 6. The Kier molecular flexibility index (Phi) is 5.49. The molecule has 0 aliphatic heterocycles. The number of nitrogens with one attached hydrogen (secondary N) is 2. The number of ether oxygens (including phenoxy) is 1. The second kappa shape index (κ2) is 8.16. The number of anilines is 3. The molecule has 0 fully saturated rings. The van der Waals surface area contributed by atoms with Crippen LogP contribution in [0.5, 0.6) is 5.75 Å². The summed E-state index contributed by atoms with van der Waals surface area (Å²) in [5.41, 5.74) is 3.97. The van der Waals surface area contributed by atoms with Crippen molar-refractivity contribution in [3.63, 3.8) is 0 Å². The molecule has 1 heterocycles. The van der Waals surface area contributed by atoms with E-state index in [1.165, 1.54) is 5.56 Å². The van der Waals surface area contributed by atoms with Crippen LogP contribution in [0.3, 0.4) is 0 Å². The number of amides is 1. The van der Waals surface area contributed by atoms with Gasteiger partial charge in [-0.25, -0.2) is 0 Å². The van der Waals surface area contributed by atoms with Gasteiger partial charge >= 0.3 is 0 Å². The molecule has 0 aliphatic rings. The molecule has 26 heavy (non-hydrogen) atoms. The first-order valence-electron chi connectivity index (χ1n) is 8.46. The summed E-state index contributed by atoms with van der Waals surface area (Å²) in [6, 6.07) is 19.0. The van der Waals surface area contributed by atoms with Gasteiger partial charge in [0.25, 0.3) is 5.91 Å². The molecule has 3 rings (SSSR count). The van der Waals surface area contributed by atoms with Gasteiger partial charge in [0.1, 0.15) is 11.4 Å². The number of nitrogens with zero attached hydrogens (tertiary/aromatic N) is 1. The molecule has 0 radical (unpaired) electrons. The fourth-order valence-electron chi connectivity index (χ4n) is 2.56. The van der Waals surface area contributed by atoms with Crippen molar-refractivity contribution in [3.8, 4) is 5.75 Å². The highest BCUT2D eigenvalue weighted by Gasteiger charge is 2.11. The molecule has 132 valence electrons. The van der Waals surface area contributed by atoms with Crippen LogP contribution in [0.1, 0.15) is 23.0 Å². The standard InChI is InChI=1S/C21H21N3O2/c1-3-15-8-10-16(11-9-15)23-17-12-13-22-19(14-17)21(25)24-18-6-4-5-7-20(18)26-2/h4-14H,3H2,1-2H3,(H,22,23)(H,24,25). The summed E-state index contributed by atoms with van der Waals surface area (Å²) in [6.45, 7) is 2.12. The number of benzene rings is 2. The van der Waals surface area contributed by atoms with Crippen LogP contribution in [0.15, 0.2) is 66.9 Å². The lowest BCUT2D eigenvalue weighted by Gasteiger charge is -2.11. The number of pyridine rings is 1. The van der Waals surface area contributed by atoms with Crippen molar-refractivity contribution in [2.45, 2.75) is 13.3 Å². The Morgan fingerprint density at radius 2 is 1.81 bits per heavy atom. The fraction of sp³-hybridized carbons (Fsp3) is 0.143. The van der Waals surface area contributed by atoms with Gasteiger partial charge in [-0.3, -0.25) is 9.78 Å². The molecular formula is C21H21N3O2. The topological polar surface area (TPSA) is 63.2 Å². The van der Waals surface area contributed by atoms with Crippen molar-refractivity contribution < 1.29 is 9.53 Å². The van der Waals surface area contributed by atoms with Crippen LogP contribution in [0.4, 0.5) is 17.1 Å². The number of para-hydroxylation sites is 2. The van der Waals surface area contributed by atoms with E-state index < -0.39 is 0 Å². The zero-order chi connectivity index (χ0) is 18.4. The summed E-state index contributed by atoms with van der Waals surface area (Å²) in [5.74, 6) is 0.311. The minimum absolute atomic E-state index is 0.292. The molecule has 5 nitrogen and oxygen atoms in total. The number of aryl methyl sites for hydroxylation is 1. The van der Waals surface area contributed by atoms with E-state index in [2.05, 4.69) is 34.7 Å². The Bertz CT molecular complexity index is 892. The number of carbonyl (C=O) groups is 1. The Morgan fingerprint density at radius 1 is 1.04 bits per heavy atom. The molecule has 2 aromatic carbocycles. The highest BCUT2D eigenvalue weighted by atomic mass is 16.5. The monoisotopic (exact) mass is 347 g/mol. The summed E-state index contributed by atoms with van der Waals surface area (Å²) >= 11 is 0. The van der Waals surface area contributed by atoms with Crippen molar-refractivity contribution in [2.75, 3.05) is 17.7 Å². The molecule has 1 aromatic heterocycles. The number of hydrogen-bond donors (Lipinski definition) is 2. The van der Waals surface area contributed by atoms with E-state index in [9.17, 15) is 4.79 Å². The molecule has 2 N–H and O–H groups in total. The molecular weight excluding hydrogens is 326 g/mol. The Morgan fingerprint density at radius 3 is 2.54 bits per heavy atom. The molecule has 0 bridgehead atoms. The highest BCUT2D eigenvalue weighted by Crippen LogP contribution is 2.24. The maximum absolute atomic E-state index is 12.5. The Labute approximate surface area is 153 Å². The van der Waals surface area contributed by atoms with Crippen LogP contribution in [0.2, 0.25) is 0 Å². The molecule has 0 spiro atoms. The summed E-state index contributed by atoms with van der Waals surface area (Å²) in [4.78, 5) is 16.7. The van der Waals surface area contributed by atoms with E-state index in [1.54, 1.807) is 31.5 Å². The Hall–Kier alpha value is -3.34. The molecule has 3 aromatic rings. The van der Waals surface area contributed by atoms with Crippen LogP contribution in [-0.4, -0.2) is 18.0 Å². The van der Waals surface area contributed by atoms with Crippen LogP contribution in [0, 0.1) is 0 Å². The van der Waals surface area contributed by atoms with Gasteiger partial charge < -0.3 is 15.4 Å². The number of methoxy groups -OCH3 is 1. The normalized spacial score (nSPS) is 10.2. The molecule has 0 saturated heterocycles. The number of carbonyl (C=O) groups excluding carboxylic acids is 1. The van der Waals surface area contributed by atoms with Gasteiger partial charge in [-0.2, -0.15) is 0 Å². The minimum atomic E-state index is -0.292. The predicted octanol–water partition coefficient (Wildman–Crippen LogP) is 4.65. The first kappa shape index (κ1) is 17.5. The van der Waals surface area contributed by atoms with Gasteiger partial charge in [0.05, 0.1) is 12.8 Å². The van der Waals surface area contributed by atoms with Crippen LogP contribution >= 0.6 is 0 Å². The molecule has 0 unspecified atom stereocenters. The van der Waals surface area contributed by atoms with Gasteiger partial charge in [0.15, 0.2) is 0 Å². The van der Waals surface area contributed by atoms with Gasteiger partial charge in [0.2, 0.25) is 0 Å². The average molecular weight is 347 g/mol. The van der Waals surface area contributed by atoms with Gasteiger partial charge in [-0.15, -0.1) is 0 Å². The Balaban J connectivity index is 1.74. The van der Waals surface area contributed by atoms with Crippen molar-refractivity contribution >= 4 is 23.0 Å². The predicted molar refractivity (Wildman–Crippen MR) is 104 cm³/mol. The SMILES string of the molecule is CCc1ccc(Nc2ccnc(C(=O)Nc3ccccc3OC)c2)cc1. The molecule has 5 heteroatoms. The second-order valence-electron chi connectivity index (χ2n) is 5.76. The summed E-state index contributed by atoms with van der Waals surface area (Å²) in [6.07, 6.45) is 2.61. The lowest BCUT2D eigenvalue weighted by molar-refractivity contribution is 0.102. The van der Waals surface area contributed by atoms with E-state index in [0.717, 1.165) is 17.8 Å². The molecule has 0 atom stereocenters. The largest absolute Gasteiger partial charge is 0.495 e. The highest BCUT2D eigenvalue weighted by molar-refractivity contribution is 6.04. The summed E-state index contributed by atoms with van der Waals surface area (Å²) < 4.78 is 5.26. The zero-order valence-electron chi connectivity index (χ0n) is 14.8. The first-order valence-corrected chi connectivity index (χ1v) is 8.46. The van der Waals surface area contributed by atoms with E-state index in [-0.39, 0.29) is 5.91 Å². The van der Waals surface area contributed by atoms with Crippen LogP contribution < -0.4 is 15.4 Å². The molecule has 1 amide bonds. The third-order valence-corrected chi connectivity index (χ3v) is 4.00. The van der Waals surface area contributed by atoms with E-state index in [0.29, 0.717) is 17.1 Å². The van der Waals surface area contributed by atoms with Gasteiger partial charge in [-0.05, 0) is 48.4 Å². The lowest BCUT2D eigenvalue weighted by atomic mass is 10.1. The molecule has 0 saturated carbocycles. The van der Waals surface area contributed by atoms with E-state index >= 15 is 0 Å². The lowest BCUT2D eigenvalue weighted by Crippen LogP contribution is -2.14. The van der Waals surface area contributed by atoms with Crippen molar-refractivity contribution in [1.29, 1.82) is 0 Å². The average Bonchev–Trinajstić information content (AvgIpc) is 2.69. The first-order chi connectivity index (χ1) is 12.7. The van der Waals surface area contributed by atoms with Gasteiger partial charge in [0, 0.05) is 17.6 Å². The zero-order valence-corrected chi connectivity index (χ0v) is 14.8. The summed E-state index contributed by atoms with van der Waals surface area (Å²) in [5, 5.41) is 6.12. The third kappa shape index (κ3) is 4.19. The summed E-state index contributed by atoms with van der Waals surface area (Å²) in [7, 11) is 1.57. The third-order valence-electron chi connectivity index (χ3n) is 4.00. The van der Waals surface area contributed by atoms with E-state index in [1.807, 2.05) is 30.3 Å². The maximum Gasteiger partial charge on any atom is 0.274 e. The van der Waals surface area contributed by atoms with Crippen molar-refractivity contribution in [2.24, 2.45) is 0 Å².